The van der Waals surface area contributed by atoms with Crippen molar-refractivity contribution >= 4 is 28.2 Å². The summed E-state index contributed by atoms with van der Waals surface area (Å²) >= 11 is 5.86. The van der Waals surface area contributed by atoms with Crippen LogP contribution in [0.4, 0.5) is 5.69 Å². The van der Waals surface area contributed by atoms with Gasteiger partial charge in [0.15, 0.2) is 0 Å². The molecule has 0 aliphatic carbocycles. The first kappa shape index (κ1) is 8.90. The number of hydrogen-bond donors (Lipinski definition) is 0. The number of nitro benzene ring substituents is 1. The normalized spacial score (nSPS) is 10.4. The van der Waals surface area contributed by atoms with Crippen LogP contribution < -0.4 is 0 Å². The molecule has 2 rings (SSSR count). The Kier molecular flexibility index (Phi) is 2.05. The van der Waals surface area contributed by atoms with E-state index >= 15 is 0 Å². The van der Waals surface area contributed by atoms with Crippen LogP contribution in [0.2, 0.25) is 5.02 Å². The molecule has 0 atom stereocenters. The summed E-state index contributed by atoms with van der Waals surface area (Å²) in [7, 11) is 0. The lowest BCUT2D eigenvalue weighted by molar-refractivity contribution is -0.384. The predicted octanol–water partition coefficient (Wildman–Crippen LogP) is 2.80. The van der Waals surface area contributed by atoms with E-state index < -0.39 is 4.92 Å². The Morgan fingerprint density at radius 2 is 2.21 bits per heavy atom. The number of nitrogens with zero attached hydrogens (tertiary/aromatic N) is 2. The van der Waals surface area contributed by atoms with Crippen LogP contribution in [0.3, 0.4) is 0 Å². The van der Waals surface area contributed by atoms with Crippen LogP contribution in [0.1, 0.15) is 0 Å². The third kappa shape index (κ3) is 1.40. The first-order chi connectivity index (χ1) is 6.68. The van der Waals surface area contributed by atoms with E-state index in [2.05, 4.69) is 4.98 Å². The lowest BCUT2D eigenvalue weighted by Gasteiger charge is -1.98. The van der Waals surface area contributed by atoms with E-state index in [1.54, 1.807) is 18.3 Å². The molecule has 14 heavy (non-hydrogen) atoms. The Morgan fingerprint density at radius 1 is 1.43 bits per heavy atom. The number of non-ortho nitro benzene ring substituents is 1. The van der Waals surface area contributed by atoms with E-state index in [-0.39, 0.29) is 5.69 Å². The molecule has 0 saturated carbocycles. The van der Waals surface area contributed by atoms with Gasteiger partial charge in [0.05, 0.1) is 15.5 Å². The molecule has 70 valence electrons. The number of hydrogen-bond acceptors (Lipinski definition) is 3. The van der Waals surface area contributed by atoms with Crippen LogP contribution in [-0.2, 0) is 0 Å². The summed E-state index contributed by atoms with van der Waals surface area (Å²) in [4.78, 5) is 14.0. The smallest absolute Gasteiger partial charge is 0.258 e. The fourth-order valence-electron chi connectivity index (χ4n) is 1.23. The summed E-state index contributed by atoms with van der Waals surface area (Å²) in [6.07, 6.45) is 1.57. The minimum absolute atomic E-state index is 0.0406. The lowest BCUT2D eigenvalue weighted by atomic mass is 10.2. The van der Waals surface area contributed by atoms with Gasteiger partial charge < -0.3 is 0 Å². The molecule has 0 N–H and O–H groups in total. The molecule has 0 aliphatic rings. The van der Waals surface area contributed by atoms with Crippen molar-refractivity contribution in [2.24, 2.45) is 0 Å². The molecule has 0 amide bonds. The van der Waals surface area contributed by atoms with Gasteiger partial charge in [0.2, 0.25) is 0 Å². The topological polar surface area (TPSA) is 56.0 Å². The number of nitro groups is 1. The van der Waals surface area contributed by atoms with Crippen molar-refractivity contribution in [1.29, 1.82) is 0 Å². The number of rotatable bonds is 1. The Bertz CT molecular complexity index is 513. The molecule has 1 aromatic carbocycles. The molecule has 0 fully saturated rings. The van der Waals surface area contributed by atoms with Crippen molar-refractivity contribution in [3.63, 3.8) is 0 Å². The maximum atomic E-state index is 10.5. The number of fused-ring (bicyclic) bond motifs is 1. The Morgan fingerprint density at radius 3 is 2.93 bits per heavy atom. The zero-order chi connectivity index (χ0) is 10.1. The molecular formula is C9H5ClN2O2. The standard InChI is InChI=1S/C9H5ClN2O2/c10-8-4-6(12(13)14)5-9-7(8)2-1-3-11-9/h1-5H. The van der Waals surface area contributed by atoms with Gasteiger partial charge in [-0.3, -0.25) is 15.1 Å². The summed E-state index contributed by atoms with van der Waals surface area (Å²) < 4.78 is 0. The van der Waals surface area contributed by atoms with E-state index in [1.165, 1.54) is 12.1 Å². The zero-order valence-electron chi connectivity index (χ0n) is 6.98. The first-order valence-corrected chi connectivity index (χ1v) is 4.25. The fourth-order valence-corrected chi connectivity index (χ4v) is 1.50. The molecule has 0 spiro atoms. The molecule has 0 bridgehead atoms. The fraction of sp³-hybridized carbons (Fsp3) is 0. The van der Waals surface area contributed by atoms with E-state index in [0.717, 1.165) is 5.39 Å². The average Bonchev–Trinajstić information content (AvgIpc) is 2.17. The monoisotopic (exact) mass is 208 g/mol. The molecule has 5 heteroatoms. The highest BCUT2D eigenvalue weighted by molar-refractivity contribution is 6.35. The van der Waals surface area contributed by atoms with E-state index in [9.17, 15) is 10.1 Å². The van der Waals surface area contributed by atoms with E-state index in [0.29, 0.717) is 10.5 Å². The van der Waals surface area contributed by atoms with Crippen LogP contribution in [-0.4, -0.2) is 9.91 Å². The van der Waals surface area contributed by atoms with Crippen LogP contribution in [0.5, 0.6) is 0 Å². The van der Waals surface area contributed by atoms with Crippen LogP contribution in [0.15, 0.2) is 30.5 Å². The van der Waals surface area contributed by atoms with Crippen molar-refractivity contribution in [1.82, 2.24) is 4.98 Å². The van der Waals surface area contributed by atoms with Gasteiger partial charge in [-0.05, 0) is 12.1 Å². The minimum Gasteiger partial charge on any atom is -0.258 e. The van der Waals surface area contributed by atoms with E-state index in [4.69, 9.17) is 11.6 Å². The Labute approximate surface area is 84.3 Å². The molecule has 0 saturated heterocycles. The van der Waals surface area contributed by atoms with Crippen molar-refractivity contribution in [3.8, 4) is 0 Å². The molecule has 0 aliphatic heterocycles. The largest absolute Gasteiger partial charge is 0.273 e. The molecule has 1 aromatic heterocycles. The number of pyridine rings is 1. The van der Waals surface area contributed by atoms with Gasteiger partial charge in [0, 0.05) is 23.7 Å². The number of benzene rings is 1. The molecule has 0 unspecified atom stereocenters. The summed E-state index contributed by atoms with van der Waals surface area (Å²) in [5.74, 6) is 0. The Hall–Kier alpha value is -1.68. The molecule has 4 nitrogen and oxygen atoms in total. The minimum atomic E-state index is -0.486. The molecule has 2 aromatic rings. The van der Waals surface area contributed by atoms with Gasteiger partial charge in [-0.15, -0.1) is 0 Å². The maximum absolute atomic E-state index is 10.5. The summed E-state index contributed by atoms with van der Waals surface area (Å²) in [6.45, 7) is 0. The second kappa shape index (κ2) is 3.23. The second-order valence-corrected chi connectivity index (χ2v) is 3.16. The maximum Gasteiger partial charge on any atom is 0.273 e. The van der Waals surface area contributed by atoms with Crippen molar-refractivity contribution in [2.75, 3.05) is 0 Å². The molecule has 1 heterocycles. The summed E-state index contributed by atoms with van der Waals surface area (Å²) in [5.41, 5.74) is 0.493. The van der Waals surface area contributed by atoms with Gasteiger partial charge in [-0.2, -0.15) is 0 Å². The van der Waals surface area contributed by atoms with Crippen molar-refractivity contribution in [3.05, 3.63) is 45.6 Å². The van der Waals surface area contributed by atoms with Gasteiger partial charge in [0.25, 0.3) is 5.69 Å². The van der Waals surface area contributed by atoms with Crippen LogP contribution >= 0.6 is 11.6 Å². The van der Waals surface area contributed by atoms with Crippen LogP contribution in [0, 0.1) is 10.1 Å². The molecular weight excluding hydrogens is 204 g/mol. The predicted molar refractivity (Wildman–Crippen MR) is 53.4 cm³/mol. The highest BCUT2D eigenvalue weighted by atomic mass is 35.5. The highest BCUT2D eigenvalue weighted by Gasteiger charge is 2.10. The van der Waals surface area contributed by atoms with Crippen molar-refractivity contribution < 1.29 is 4.92 Å². The van der Waals surface area contributed by atoms with Gasteiger partial charge >= 0.3 is 0 Å². The lowest BCUT2D eigenvalue weighted by Crippen LogP contribution is -1.89. The molecule has 0 radical (unpaired) electrons. The van der Waals surface area contributed by atoms with E-state index in [1.807, 2.05) is 0 Å². The third-order valence-corrected chi connectivity index (χ3v) is 2.18. The van der Waals surface area contributed by atoms with Gasteiger partial charge in [-0.1, -0.05) is 11.6 Å². The van der Waals surface area contributed by atoms with Crippen LogP contribution in [0.25, 0.3) is 10.9 Å². The van der Waals surface area contributed by atoms with Crippen molar-refractivity contribution in [2.45, 2.75) is 0 Å². The first-order valence-electron chi connectivity index (χ1n) is 3.87. The highest BCUT2D eigenvalue weighted by Crippen LogP contribution is 2.27. The van der Waals surface area contributed by atoms with Gasteiger partial charge in [-0.25, -0.2) is 0 Å². The Balaban J connectivity index is 2.78. The van der Waals surface area contributed by atoms with Gasteiger partial charge in [0.1, 0.15) is 0 Å². The quantitative estimate of drug-likeness (QED) is 0.535. The average molecular weight is 209 g/mol. The SMILES string of the molecule is O=[N+]([O-])c1cc(Cl)c2cccnc2c1. The summed E-state index contributed by atoms with van der Waals surface area (Å²) in [5, 5.41) is 11.6. The third-order valence-electron chi connectivity index (χ3n) is 1.87. The summed E-state index contributed by atoms with van der Waals surface area (Å²) in [6, 6.07) is 6.24. The number of aromatic nitrogens is 1. The second-order valence-electron chi connectivity index (χ2n) is 2.75. The zero-order valence-corrected chi connectivity index (χ0v) is 7.73. The number of halogens is 1.